The molecule has 0 aliphatic heterocycles. The Morgan fingerprint density at radius 2 is 2.05 bits per heavy atom. The smallest absolute Gasteiger partial charge is 0.241 e. The second kappa shape index (κ2) is 6.33. The third-order valence-corrected chi connectivity index (χ3v) is 4.56. The summed E-state index contributed by atoms with van der Waals surface area (Å²) in [6, 6.07) is 3.73. The van der Waals surface area contributed by atoms with Crippen LogP contribution in [0, 0.1) is 12.7 Å². The van der Waals surface area contributed by atoms with Crippen LogP contribution in [-0.2, 0) is 23.1 Å². The number of aromatic amines is 1. The average molecular weight is 312 g/mol. The maximum Gasteiger partial charge on any atom is 0.241 e. The van der Waals surface area contributed by atoms with E-state index in [2.05, 4.69) is 20.2 Å². The van der Waals surface area contributed by atoms with Crippen molar-refractivity contribution in [3.63, 3.8) is 0 Å². The summed E-state index contributed by atoms with van der Waals surface area (Å²) in [5, 5.41) is 9.42. The molecular formula is C13H17FN4O2S. The monoisotopic (exact) mass is 312 g/mol. The zero-order chi connectivity index (χ0) is 15.5. The SMILES string of the molecule is CNCc1ccc(F)cc1S(=O)(=O)NCc1cn[nH]c1C. The van der Waals surface area contributed by atoms with Crippen LogP contribution in [0.4, 0.5) is 4.39 Å². The van der Waals surface area contributed by atoms with Crippen molar-refractivity contribution < 1.29 is 12.8 Å². The first-order valence-corrected chi connectivity index (χ1v) is 7.84. The van der Waals surface area contributed by atoms with E-state index >= 15 is 0 Å². The van der Waals surface area contributed by atoms with Crippen LogP contribution >= 0.6 is 0 Å². The molecule has 1 heterocycles. The third-order valence-electron chi connectivity index (χ3n) is 3.07. The maximum absolute atomic E-state index is 13.4. The normalized spacial score (nSPS) is 11.8. The van der Waals surface area contributed by atoms with Crippen LogP contribution in [0.1, 0.15) is 16.8 Å². The summed E-state index contributed by atoms with van der Waals surface area (Å²) in [6.45, 7) is 2.23. The number of benzene rings is 1. The van der Waals surface area contributed by atoms with Gasteiger partial charge in [-0.25, -0.2) is 17.5 Å². The lowest BCUT2D eigenvalue weighted by atomic mass is 10.2. The van der Waals surface area contributed by atoms with Gasteiger partial charge < -0.3 is 5.32 Å². The standard InChI is InChI=1S/C13H17FN4O2S/c1-9-11(7-16-18-9)8-17-21(19,20)13-5-12(14)4-3-10(13)6-15-2/h3-5,7,15,17H,6,8H2,1-2H3,(H,16,18). The minimum Gasteiger partial charge on any atom is -0.316 e. The molecule has 114 valence electrons. The molecule has 0 spiro atoms. The van der Waals surface area contributed by atoms with Gasteiger partial charge in [0.05, 0.1) is 11.1 Å². The number of halogens is 1. The lowest BCUT2D eigenvalue weighted by molar-refractivity contribution is 0.574. The molecule has 0 aliphatic rings. The van der Waals surface area contributed by atoms with Gasteiger partial charge in [0, 0.05) is 24.3 Å². The van der Waals surface area contributed by atoms with E-state index in [-0.39, 0.29) is 11.4 Å². The van der Waals surface area contributed by atoms with Crippen molar-refractivity contribution in [3.05, 3.63) is 47.0 Å². The molecule has 0 fully saturated rings. The summed E-state index contributed by atoms with van der Waals surface area (Å²) in [7, 11) is -2.10. The number of rotatable bonds is 6. The number of aryl methyl sites for hydroxylation is 1. The topological polar surface area (TPSA) is 86.9 Å². The first-order chi connectivity index (χ1) is 9.94. The molecule has 21 heavy (non-hydrogen) atoms. The Balaban J connectivity index is 2.26. The Morgan fingerprint density at radius 1 is 1.29 bits per heavy atom. The minimum atomic E-state index is -3.80. The van der Waals surface area contributed by atoms with Gasteiger partial charge in [-0.3, -0.25) is 5.10 Å². The van der Waals surface area contributed by atoms with Gasteiger partial charge >= 0.3 is 0 Å². The molecule has 0 saturated carbocycles. The predicted octanol–water partition coefficient (Wildman–Crippen LogP) is 1.06. The molecule has 1 aromatic carbocycles. The van der Waals surface area contributed by atoms with Crippen LogP contribution in [0.25, 0.3) is 0 Å². The number of nitrogens with one attached hydrogen (secondary N) is 3. The van der Waals surface area contributed by atoms with E-state index in [1.807, 2.05) is 0 Å². The molecule has 6 nitrogen and oxygen atoms in total. The lowest BCUT2D eigenvalue weighted by Gasteiger charge is -2.11. The second-order valence-electron chi connectivity index (χ2n) is 4.63. The summed E-state index contributed by atoms with van der Waals surface area (Å²) in [6.07, 6.45) is 1.55. The van der Waals surface area contributed by atoms with E-state index in [1.54, 1.807) is 20.2 Å². The van der Waals surface area contributed by atoms with Crippen LogP contribution in [0.2, 0.25) is 0 Å². The highest BCUT2D eigenvalue weighted by molar-refractivity contribution is 7.89. The zero-order valence-electron chi connectivity index (χ0n) is 11.8. The molecule has 2 aromatic rings. The molecular weight excluding hydrogens is 295 g/mol. The number of hydrogen-bond acceptors (Lipinski definition) is 4. The van der Waals surface area contributed by atoms with Crippen molar-refractivity contribution in [1.82, 2.24) is 20.2 Å². The van der Waals surface area contributed by atoms with E-state index in [4.69, 9.17) is 0 Å². The first-order valence-electron chi connectivity index (χ1n) is 6.35. The summed E-state index contributed by atoms with van der Waals surface area (Å²) in [5.74, 6) is -0.588. The Bertz CT molecular complexity index is 728. The van der Waals surface area contributed by atoms with Gasteiger partial charge in [-0.05, 0) is 31.7 Å². The number of nitrogens with zero attached hydrogens (tertiary/aromatic N) is 1. The van der Waals surface area contributed by atoms with E-state index in [0.29, 0.717) is 12.1 Å². The van der Waals surface area contributed by atoms with Gasteiger partial charge in [0.25, 0.3) is 0 Å². The van der Waals surface area contributed by atoms with Crippen molar-refractivity contribution in [2.75, 3.05) is 7.05 Å². The van der Waals surface area contributed by atoms with E-state index < -0.39 is 15.8 Å². The van der Waals surface area contributed by atoms with Gasteiger partial charge in [-0.1, -0.05) is 6.07 Å². The molecule has 1 aromatic heterocycles. The van der Waals surface area contributed by atoms with Crippen molar-refractivity contribution in [2.45, 2.75) is 24.9 Å². The van der Waals surface area contributed by atoms with E-state index in [9.17, 15) is 12.8 Å². The van der Waals surface area contributed by atoms with E-state index in [1.165, 1.54) is 12.1 Å². The van der Waals surface area contributed by atoms with Gasteiger partial charge in [-0.2, -0.15) is 5.10 Å². The van der Waals surface area contributed by atoms with Crippen LogP contribution in [0.5, 0.6) is 0 Å². The molecule has 8 heteroatoms. The third kappa shape index (κ3) is 3.66. The predicted molar refractivity (Wildman–Crippen MR) is 76.5 cm³/mol. The fraction of sp³-hybridized carbons (Fsp3) is 0.308. The Morgan fingerprint density at radius 3 is 2.67 bits per heavy atom. The largest absolute Gasteiger partial charge is 0.316 e. The molecule has 3 N–H and O–H groups in total. The molecule has 0 amide bonds. The van der Waals surface area contributed by atoms with Crippen LogP contribution in [0.3, 0.4) is 0 Å². The highest BCUT2D eigenvalue weighted by atomic mass is 32.2. The van der Waals surface area contributed by atoms with E-state index in [0.717, 1.165) is 17.3 Å². The quantitative estimate of drug-likeness (QED) is 0.744. The highest BCUT2D eigenvalue weighted by Gasteiger charge is 2.19. The molecule has 2 rings (SSSR count). The maximum atomic E-state index is 13.4. The zero-order valence-corrected chi connectivity index (χ0v) is 12.6. The molecule has 0 aliphatic carbocycles. The molecule has 0 atom stereocenters. The molecule has 0 radical (unpaired) electrons. The van der Waals surface area contributed by atoms with Crippen LogP contribution in [0.15, 0.2) is 29.3 Å². The van der Waals surface area contributed by atoms with Gasteiger partial charge in [-0.15, -0.1) is 0 Å². The number of H-pyrrole nitrogens is 1. The summed E-state index contributed by atoms with van der Waals surface area (Å²) < 4.78 is 40.5. The van der Waals surface area contributed by atoms with Crippen molar-refractivity contribution in [2.24, 2.45) is 0 Å². The van der Waals surface area contributed by atoms with Gasteiger partial charge in [0.15, 0.2) is 0 Å². The fourth-order valence-electron chi connectivity index (χ4n) is 1.92. The van der Waals surface area contributed by atoms with Gasteiger partial charge in [0.2, 0.25) is 10.0 Å². The second-order valence-corrected chi connectivity index (χ2v) is 6.36. The summed E-state index contributed by atoms with van der Waals surface area (Å²) in [4.78, 5) is -0.0574. The van der Waals surface area contributed by atoms with Crippen molar-refractivity contribution in [3.8, 4) is 0 Å². The Kier molecular flexibility index (Phi) is 4.71. The van der Waals surface area contributed by atoms with Crippen LogP contribution < -0.4 is 10.0 Å². The highest BCUT2D eigenvalue weighted by Crippen LogP contribution is 2.18. The average Bonchev–Trinajstić information content (AvgIpc) is 2.84. The summed E-state index contributed by atoms with van der Waals surface area (Å²) >= 11 is 0. The van der Waals surface area contributed by atoms with Crippen molar-refractivity contribution >= 4 is 10.0 Å². The molecule has 0 unspecified atom stereocenters. The minimum absolute atomic E-state index is 0.0574. The Labute approximate surface area is 122 Å². The summed E-state index contributed by atoms with van der Waals surface area (Å²) in [5.41, 5.74) is 2.04. The number of hydrogen-bond donors (Lipinski definition) is 3. The fourth-order valence-corrected chi connectivity index (χ4v) is 3.17. The first kappa shape index (κ1) is 15.6. The lowest BCUT2D eigenvalue weighted by Crippen LogP contribution is -2.25. The van der Waals surface area contributed by atoms with Gasteiger partial charge in [0.1, 0.15) is 5.82 Å². The van der Waals surface area contributed by atoms with Crippen molar-refractivity contribution in [1.29, 1.82) is 0 Å². The number of aromatic nitrogens is 2. The Hall–Kier alpha value is -1.77. The van der Waals surface area contributed by atoms with Crippen LogP contribution in [-0.4, -0.2) is 25.7 Å². The number of sulfonamides is 1. The molecule has 0 saturated heterocycles. The molecule has 0 bridgehead atoms.